The Kier molecular flexibility index (Phi) is 1.90. The van der Waals surface area contributed by atoms with Gasteiger partial charge < -0.3 is 0 Å². The highest BCUT2D eigenvalue weighted by atomic mass is 35.5. The second-order valence-electron chi connectivity index (χ2n) is 2.05. The van der Waals surface area contributed by atoms with Crippen LogP contribution in [0.4, 0.5) is 4.39 Å². The third kappa shape index (κ3) is 1.26. The summed E-state index contributed by atoms with van der Waals surface area (Å²) in [5.74, 6) is 0. The number of fused-ring (bicyclic) bond motifs is 1. The fraction of sp³-hybridized carbons (Fsp3) is 0. The van der Waals surface area contributed by atoms with Gasteiger partial charge in [-0.3, -0.25) is 0 Å². The topological polar surface area (TPSA) is 25.8 Å². The second kappa shape index (κ2) is 2.80. The molecule has 0 atom stereocenters. The van der Waals surface area contributed by atoms with E-state index in [0.717, 1.165) is 11.3 Å². The zero-order chi connectivity index (χ0) is 8.72. The Morgan fingerprint density at radius 2 is 2.08 bits per heavy atom. The summed E-state index contributed by atoms with van der Waals surface area (Å²) in [5, 5.41) is -0.118. The van der Waals surface area contributed by atoms with E-state index >= 15 is 0 Å². The van der Waals surface area contributed by atoms with Crippen LogP contribution in [0.3, 0.4) is 0 Å². The monoisotopic (exact) mass is 222 g/mol. The van der Waals surface area contributed by atoms with Crippen LogP contribution in [0, 0.1) is 5.13 Å². The zero-order valence-corrected chi connectivity index (χ0v) is 7.84. The molecule has 0 saturated heterocycles. The van der Waals surface area contributed by atoms with E-state index < -0.39 is 0 Å². The summed E-state index contributed by atoms with van der Waals surface area (Å²) in [6.45, 7) is 0. The van der Waals surface area contributed by atoms with E-state index in [1.807, 2.05) is 0 Å². The third-order valence-electron chi connectivity index (χ3n) is 1.27. The van der Waals surface area contributed by atoms with Crippen LogP contribution in [0.2, 0.25) is 10.4 Å². The molecule has 0 spiro atoms. The molecular formula is C6HCl2FN2S. The Balaban J connectivity index is 2.88. The van der Waals surface area contributed by atoms with E-state index in [9.17, 15) is 4.39 Å². The average molecular weight is 223 g/mol. The fourth-order valence-corrected chi connectivity index (χ4v) is 2.06. The van der Waals surface area contributed by atoms with Crippen molar-refractivity contribution in [3.8, 4) is 0 Å². The Bertz CT molecular complexity index is 442. The van der Waals surface area contributed by atoms with Crippen molar-refractivity contribution in [2.45, 2.75) is 0 Å². The molecule has 0 aliphatic rings. The van der Waals surface area contributed by atoms with Crippen LogP contribution in [-0.4, -0.2) is 9.97 Å². The second-order valence-corrected chi connectivity index (χ2v) is 3.75. The van der Waals surface area contributed by atoms with Gasteiger partial charge in [0, 0.05) is 6.07 Å². The lowest BCUT2D eigenvalue weighted by Crippen LogP contribution is -1.81. The summed E-state index contributed by atoms with van der Waals surface area (Å²) in [6, 6.07) is 1.28. The van der Waals surface area contributed by atoms with Gasteiger partial charge in [0.2, 0.25) is 5.28 Å². The maximum absolute atomic E-state index is 12.7. The predicted octanol–water partition coefficient (Wildman–Crippen LogP) is 3.14. The summed E-state index contributed by atoms with van der Waals surface area (Å²) >= 11 is 12.1. The molecule has 62 valence electrons. The quantitative estimate of drug-likeness (QED) is 0.506. The molecule has 2 aromatic rings. The Labute approximate surface area is 81.0 Å². The standard InChI is InChI=1S/C6HCl2FN2S/c7-5-4-2(1-3(9)12-4)10-6(8)11-5/h1H. The van der Waals surface area contributed by atoms with Crippen LogP contribution in [0.15, 0.2) is 6.07 Å². The van der Waals surface area contributed by atoms with Crippen LogP contribution in [0.5, 0.6) is 0 Å². The van der Waals surface area contributed by atoms with Crippen LogP contribution in [-0.2, 0) is 0 Å². The number of rotatable bonds is 0. The number of nitrogens with zero attached hydrogens (tertiary/aromatic N) is 2. The lowest BCUT2D eigenvalue weighted by Gasteiger charge is -1.91. The van der Waals surface area contributed by atoms with Gasteiger partial charge in [0.15, 0.2) is 10.3 Å². The molecule has 0 radical (unpaired) electrons. The first-order valence-corrected chi connectivity index (χ1v) is 4.52. The van der Waals surface area contributed by atoms with Crippen LogP contribution >= 0.6 is 34.5 Å². The number of halogens is 3. The van der Waals surface area contributed by atoms with Crippen molar-refractivity contribution in [3.05, 3.63) is 21.6 Å². The minimum absolute atomic E-state index is 0.0327. The minimum Gasteiger partial charge on any atom is -0.217 e. The van der Waals surface area contributed by atoms with Gasteiger partial charge in [-0.1, -0.05) is 11.6 Å². The largest absolute Gasteiger partial charge is 0.224 e. The summed E-state index contributed by atoms with van der Waals surface area (Å²) in [7, 11) is 0. The molecule has 0 aliphatic carbocycles. The van der Waals surface area contributed by atoms with Crippen LogP contribution in [0.1, 0.15) is 0 Å². The molecule has 2 rings (SSSR count). The number of hydrogen-bond acceptors (Lipinski definition) is 3. The minimum atomic E-state index is -0.344. The van der Waals surface area contributed by atoms with Gasteiger partial charge in [0.1, 0.15) is 0 Å². The fourth-order valence-electron chi connectivity index (χ4n) is 0.839. The highest BCUT2D eigenvalue weighted by Gasteiger charge is 2.08. The summed E-state index contributed by atoms with van der Waals surface area (Å²) in [5.41, 5.74) is 0.447. The molecule has 0 fully saturated rings. The highest BCUT2D eigenvalue weighted by Crippen LogP contribution is 2.29. The Morgan fingerprint density at radius 1 is 1.33 bits per heavy atom. The maximum atomic E-state index is 12.7. The molecule has 0 unspecified atom stereocenters. The van der Waals surface area contributed by atoms with Gasteiger partial charge in [0.05, 0.1) is 10.2 Å². The van der Waals surface area contributed by atoms with Gasteiger partial charge in [-0.05, 0) is 11.6 Å². The maximum Gasteiger partial charge on any atom is 0.224 e. The van der Waals surface area contributed by atoms with Crippen molar-refractivity contribution in [1.29, 1.82) is 0 Å². The molecule has 0 aliphatic heterocycles. The molecule has 2 aromatic heterocycles. The smallest absolute Gasteiger partial charge is 0.217 e. The third-order valence-corrected chi connectivity index (χ3v) is 2.75. The van der Waals surface area contributed by atoms with Gasteiger partial charge in [-0.25, -0.2) is 9.97 Å². The summed E-state index contributed by atoms with van der Waals surface area (Å²) in [6.07, 6.45) is 0. The molecule has 0 amide bonds. The van der Waals surface area contributed by atoms with E-state index in [2.05, 4.69) is 9.97 Å². The van der Waals surface area contributed by atoms with Crippen molar-refractivity contribution >= 4 is 44.8 Å². The van der Waals surface area contributed by atoms with E-state index in [0.29, 0.717) is 10.2 Å². The summed E-state index contributed by atoms with van der Waals surface area (Å²) in [4.78, 5) is 7.48. The first kappa shape index (κ1) is 8.16. The van der Waals surface area contributed by atoms with Gasteiger partial charge in [-0.15, -0.1) is 11.3 Å². The normalized spacial score (nSPS) is 10.9. The molecule has 2 heterocycles. The Morgan fingerprint density at radius 3 is 2.83 bits per heavy atom. The summed E-state index contributed by atoms with van der Waals surface area (Å²) < 4.78 is 13.2. The van der Waals surface area contributed by atoms with Crippen molar-refractivity contribution in [1.82, 2.24) is 9.97 Å². The van der Waals surface area contributed by atoms with Crippen molar-refractivity contribution in [2.24, 2.45) is 0 Å². The van der Waals surface area contributed by atoms with Gasteiger partial charge in [0.25, 0.3) is 0 Å². The van der Waals surface area contributed by atoms with Crippen molar-refractivity contribution < 1.29 is 4.39 Å². The number of thiophene rings is 1. The molecule has 0 aromatic carbocycles. The van der Waals surface area contributed by atoms with Crippen molar-refractivity contribution in [3.63, 3.8) is 0 Å². The van der Waals surface area contributed by atoms with E-state index in [-0.39, 0.29) is 15.6 Å². The molecule has 6 heteroatoms. The molecular weight excluding hydrogens is 222 g/mol. The average Bonchev–Trinajstić information content (AvgIpc) is 2.29. The first-order valence-electron chi connectivity index (χ1n) is 2.95. The predicted molar refractivity (Wildman–Crippen MR) is 47.4 cm³/mol. The van der Waals surface area contributed by atoms with E-state index in [4.69, 9.17) is 23.2 Å². The lowest BCUT2D eigenvalue weighted by atomic mass is 10.5. The molecule has 2 nitrogen and oxygen atoms in total. The molecule has 0 saturated carbocycles. The van der Waals surface area contributed by atoms with Crippen LogP contribution in [0.25, 0.3) is 10.2 Å². The number of hydrogen-bond donors (Lipinski definition) is 0. The van der Waals surface area contributed by atoms with Gasteiger partial charge >= 0.3 is 0 Å². The SMILES string of the molecule is Fc1cc2nc(Cl)nc(Cl)c2s1. The first-order chi connectivity index (χ1) is 5.66. The van der Waals surface area contributed by atoms with Gasteiger partial charge in [-0.2, -0.15) is 4.39 Å². The Hall–Kier alpha value is -0.450. The number of aromatic nitrogens is 2. The molecule has 12 heavy (non-hydrogen) atoms. The zero-order valence-electron chi connectivity index (χ0n) is 5.51. The lowest BCUT2D eigenvalue weighted by molar-refractivity contribution is 0.658. The molecule has 0 N–H and O–H groups in total. The van der Waals surface area contributed by atoms with E-state index in [1.165, 1.54) is 6.07 Å². The van der Waals surface area contributed by atoms with Crippen LogP contribution < -0.4 is 0 Å². The van der Waals surface area contributed by atoms with Crippen molar-refractivity contribution in [2.75, 3.05) is 0 Å². The highest BCUT2D eigenvalue weighted by molar-refractivity contribution is 7.18. The van der Waals surface area contributed by atoms with E-state index in [1.54, 1.807) is 0 Å². The molecule has 0 bridgehead atoms.